The molecule has 0 aromatic heterocycles. The maximum absolute atomic E-state index is 10.4. The quantitative estimate of drug-likeness (QED) is 0.451. The molecule has 0 amide bonds. The molecule has 3 aliphatic rings. The van der Waals surface area contributed by atoms with Crippen LogP contribution in [0.5, 0.6) is 5.75 Å². The van der Waals surface area contributed by atoms with Gasteiger partial charge in [0.1, 0.15) is 5.75 Å². The lowest BCUT2D eigenvalue weighted by Gasteiger charge is -2.44. The van der Waals surface area contributed by atoms with Crippen LogP contribution in [-0.4, -0.2) is 33.8 Å². The van der Waals surface area contributed by atoms with E-state index in [9.17, 15) is 5.11 Å². The zero-order chi connectivity index (χ0) is 25.6. The Morgan fingerprint density at radius 1 is 1.14 bits per heavy atom. The summed E-state index contributed by atoms with van der Waals surface area (Å²) in [6, 6.07) is 11.3. The Hall–Kier alpha value is -2.73. The molecule has 1 spiro atoms. The average Bonchev–Trinajstić information content (AvgIpc) is 3.14. The van der Waals surface area contributed by atoms with Gasteiger partial charge in [-0.3, -0.25) is 0 Å². The second-order valence-corrected chi connectivity index (χ2v) is 10.9. The van der Waals surface area contributed by atoms with Gasteiger partial charge in [0.05, 0.1) is 21.4 Å². The summed E-state index contributed by atoms with van der Waals surface area (Å²) >= 11 is 13.0. The molecule has 2 aromatic rings. The van der Waals surface area contributed by atoms with Crippen molar-refractivity contribution in [3.8, 4) is 5.75 Å². The molecule has 2 aliphatic heterocycles. The lowest BCUT2D eigenvalue weighted by molar-refractivity contribution is 0.126. The summed E-state index contributed by atoms with van der Waals surface area (Å²) in [5.74, 6) is 1.26. The van der Waals surface area contributed by atoms with Gasteiger partial charge in [-0.15, -0.1) is 0 Å². The first-order chi connectivity index (χ1) is 17.3. The van der Waals surface area contributed by atoms with Crippen molar-refractivity contribution in [2.24, 2.45) is 16.1 Å². The second-order valence-electron chi connectivity index (χ2n) is 10.1. The van der Waals surface area contributed by atoms with E-state index in [0.717, 1.165) is 66.3 Å². The summed E-state index contributed by atoms with van der Waals surface area (Å²) in [7, 11) is 0. The zero-order valence-corrected chi connectivity index (χ0v) is 22.4. The summed E-state index contributed by atoms with van der Waals surface area (Å²) in [5.41, 5.74) is 12.8. The number of amidine groups is 1. The largest absolute Gasteiger partial charge is 0.508 e. The number of phenols is 1. The fourth-order valence-electron chi connectivity index (χ4n) is 6.02. The Balaban J connectivity index is 1.40. The molecule has 0 radical (unpaired) electrons. The summed E-state index contributed by atoms with van der Waals surface area (Å²) < 4.78 is 0. The molecule has 1 unspecified atom stereocenters. The number of halogens is 2. The highest BCUT2D eigenvalue weighted by atomic mass is 35.5. The molecule has 1 aliphatic carbocycles. The van der Waals surface area contributed by atoms with E-state index >= 15 is 0 Å². The highest BCUT2D eigenvalue weighted by Gasteiger charge is 2.47. The fraction of sp³-hybridized carbons (Fsp3) is 0.345. The number of hydrogen-bond donors (Lipinski definition) is 2. The number of nitrogens with two attached hydrogens (primary N) is 1. The number of benzene rings is 2. The number of nitrogens with zero attached hydrogens (tertiary/aromatic N) is 3. The number of rotatable bonds is 2. The van der Waals surface area contributed by atoms with Crippen molar-refractivity contribution in [2.75, 3.05) is 13.1 Å². The molecular formula is C29H32Cl2N4O. The highest BCUT2D eigenvalue weighted by Crippen LogP contribution is 2.53. The molecule has 5 rings (SSSR count). The normalized spacial score (nSPS) is 21.7. The maximum atomic E-state index is 10.4. The van der Waals surface area contributed by atoms with Crippen molar-refractivity contribution in [1.29, 1.82) is 0 Å². The van der Waals surface area contributed by atoms with Gasteiger partial charge in [0.15, 0.2) is 5.84 Å². The van der Waals surface area contributed by atoms with Crippen LogP contribution in [0.3, 0.4) is 0 Å². The summed E-state index contributed by atoms with van der Waals surface area (Å²) in [6.07, 6.45) is 8.73. The van der Waals surface area contributed by atoms with Crippen LogP contribution in [0, 0.1) is 5.41 Å². The Bertz CT molecular complexity index is 1310. The van der Waals surface area contributed by atoms with Gasteiger partial charge in [-0.2, -0.15) is 0 Å². The van der Waals surface area contributed by atoms with Crippen molar-refractivity contribution >= 4 is 34.7 Å². The minimum Gasteiger partial charge on any atom is -0.508 e. The van der Waals surface area contributed by atoms with E-state index in [1.165, 1.54) is 5.56 Å². The van der Waals surface area contributed by atoms with E-state index < -0.39 is 0 Å². The van der Waals surface area contributed by atoms with Crippen LogP contribution in [0.15, 0.2) is 71.1 Å². The fourth-order valence-corrected chi connectivity index (χ4v) is 6.41. The van der Waals surface area contributed by atoms with E-state index in [-0.39, 0.29) is 11.5 Å². The number of allylic oxidation sites excluding steroid dienone is 2. The molecular weight excluding hydrogens is 491 g/mol. The van der Waals surface area contributed by atoms with E-state index in [2.05, 4.69) is 35.8 Å². The average molecular weight is 524 g/mol. The van der Waals surface area contributed by atoms with Gasteiger partial charge in [-0.05, 0) is 63.1 Å². The number of aliphatic imine (C=N–C) groups is 1. The number of phenolic OH excluding ortho intramolecular Hbond substituents is 1. The maximum Gasteiger partial charge on any atom is 0.152 e. The van der Waals surface area contributed by atoms with Gasteiger partial charge in [0, 0.05) is 42.7 Å². The molecule has 188 valence electrons. The molecule has 0 saturated carbocycles. The molecule has 2 heterocycles. The molecule has 0 bridgehead atoms. The van der Waals surface area contributed by atoms with Crippen LogP contribution < -0.4 is 5.73 Å². The third-order valence-corrected chi connectivity index (χ3v) is 8.66. The van der Waals surface area contributed by atoms with Crippen LogP contribution in [0.2, 0.25) is 10.0 Å². The molecule has 1 atom stereocenters. The van der Waals surface area contributed by atoms with E-state index in [1.807, 2.05) is 37.5 Å². The zero-order valence-electron chi connectivity index (χ0n) is 20.9. The van der Waals surface area contributed by atoms with Gasteiger partial charge in [-0.25, -0.2) is 4.99 Å². The summed E-state index contributed by atoms with van der Waals surface area (Å²) in [6.45, 7) is 7.90. The Morgan fingerprint density at radius 2 is 1.86 bits per heavy atom. The Kier molecular flexibility index (Phi) is 6.67. The minimum atomic E-state index is -0.149. The van der Waals surface area contributed by atoms with Crippen molar-refractivity contribution in [1.82, 2.24) is 9.80 Å². The highest BCUT2D eigenvalue weighted by molar-refractivity contribution is 6.43. The van der Waals surface area contributed by atoms with Crippen LogP contribution in [0.4, 0.5) is 0 Å². The molecule has 36 heavy (non-hydrogen) atoms. The number of hydrogen-bond acceptors (Lipinski definition) is 5. The molecule has 7 heteroatoms. The number of likely N-dealkylation sites (tertiary alicyclic amines) is 1. The van der Waals surface area contributed by atoms with Gasteiger partial charge < -0.3 is 20.6 Å². The lowest BCUT2D eigenvalue weighted by atomic mass is 9.73. The van der Waals surface area contributed by atoms with Gasteiger partial charge in [0.25, 0.3) is 0 Å². The Morgan fingerprint density at radius 3 is 2.53 bits per heavy atom. The molecule has 1 fully saturated rings. The van der Waals surface area contributed by atoms with E-state index in [4.69, 9.17) is 33.9 Å². The van der Waals surface area contributed by atoms with E-state index in [1.54, 1.807) is 12.1 Å². The molecule has 3 N–H and O–H groups in total. The molecule has 5 nitrogen and oxygen atoms in total. The topological polar surface area (TPSA) is 65.1 Å². The SMILES string of the molecule is C/C=C1/C(N2CCC3(CC2)Cc2cccc(O)c2C3N)=NC=CN1C(=C(C)C)c1cccc(Cl)c1Cl. The van der Waals surface area contributed by atoms with Gasteiger partial charge in [0.2, 0.25) is 0 Å². The monoisotopic (exact) mass is 522 g/mol. The van der Waals surface area contributed by atoms with Crippen molar-refractivity contribution in [2.45, 2.75) is 46.1 Å². The van der Waals surface area contributed by atoms with Crippen molar-refractivity contribution in [3.63, 3.8) is 0 Å². The first-order valence-electron chi connectivity index (χ1n) is 12.4. The predicted octanol–water partition coefficient (Wildman–Crippen LogP) is 6.88. The number of aromatic hydroxyl groups is 1. The number of fused-ring (bicyclic) bond motifs is 1. The summed E-state index contributed by atoms with van der Waals surface area (Å²) in [4.78, 5) is 9.34. The second kappa shape index (κ2) is 9.62. The van der Waals surface area contributed by atoms with Gasteiger partial charge >= 0.3 is 0 Å². The van der Waals surface area contributed by atoms with Crippen LogP contribution in [-0.2, 0) is 6.42 Å². The molecule has 1 saturated heterocycles. The summed E-state index contributed by atoms with van der Waals surface area (Å²) in [5, 5.41) is 11.5. The molecule has 2 aromatic carbocycles. The predicted molar refractivity (Wildman–Crippen MR) is 149 cm³/mol. The van der Waals surface area contributed by atoms with Gasteiger partial charge in [-0.1, -0.05) is 59.1 Å². The van der Waals surface area contributed by atoms with Crippen LogP contribution >= 0.6 is 23.2 Å². The minimum absolute atomic E-state index is 0.0299. The van der Waals surface area contributed by atoms with E-state index in [0.29, 0.717) is 15.8 Å². The smallest absolute Gasteiger partial charge is 0.152 e. The van der Waals surface area contributed by atoms with Crippen LogP contribution in [0.25, 0.3) is 5.70 Å². The lowest BCUT2D eigenvalue weighted by Crippen LogP contribution is -2.48. The Labute approximate surface area is 223 Å². The van der Waals surface area contributed by atoms with Crippen LogP contribution in [0.1, 0.15) is 56.3 Å². The third-order valence-electron chi connectivity index (χ3n) is 7.84. The van der Waals surface area contributed by atoms with Crippen molar-refractivity contribution < 1.29 is 5.11 Å². The first-order valence-corrected chi connectivity index (χ1v) is 13.2. The number of piperidine rings is 1. The standard InChI is InChI=1S/C29H32Cl2N4O/c1-4-22-28(33-13-16-35(22)26(18(2)3)20-8-6-9-21(30)25(20)31)34-14-11-29(12-15-34)17-19-7-5-10-23(36)24(19)27(29)32/h4-10,13,16,27,36H,11-12,14-15,17,32H2,1-3H3/b22-4-. The first kappa shape index (κ1) is 24.9. The third kappa shape index (κ3) is 4.03. The van der Waals surface area contributed by atoms with Crippen molar-refractivity contribution in [3.05, 3.63) is 92.9 Å².